The van der Waals surface area contributed by atoms with Crippen molar-refractivity contribution in [2.75, 3.05) is 0 Å². The topological polar surface area (TPSA) is 0 Å². The molecule has 2 aliphatic carbocycles. The molecular weight excluding hydrogens is 216 g/mol. The van der Waals surface area contributed by atoms with E-state index in [0.717, 1.165) is 11.8 Å². The third kappa shape index (κ3) is 2.63. The van der Waals surface area contributed by atoms with Gasteiger partial charge in [0.15, 0.2) is 0 Å². The van der Waals surface area contributed by atoms with E-state index >= 15 is 0 Å². The van der Waals surface area contributed by atoms with Crippen molar-refractivity contribution in [2.24, 2.45) is 22.7 Å². The van der Waals surface area contributed by atoms with E-state index in [1.54, 1.807) is 0 Å². The summed E-state index contributed by atoms with van der Waals surface area (Å²) in [5.74, 6) is 1.88. The van der Waals surface area contributed by atoms with Gasteiger partial charge < -0.3 is 0 Å². The predicted octanol–water partition coefficient (Wildman–Crippen LogP) is 6.20. The molecule has 2 saturated carbocycles. The van der Waals surface area contributed by atoms with Crippen molar-refractivity contribution in [3.05, 3.63) is 0 Å². The Balaban J connectivity index is 2.18. The fraction of sp³-hybridized carbons (Fsp3) is 1.00. The second kappa shape index (κ2) is 5.55. The van der Waals surface area contributed by atoms with Gasteiger partial charge in [-0.25, -0.2) is 0 Å². The van der Waals surface area contributed by atoms with E-state index in [1.807, 2.05) is 0 Å². The van der Waals surface area contributed by atoms with Crippen molar-refractivity contribution < 1.29 is 0 Å². The molecular formula is C18H34. The highest BCUT2D eigenvalue weighted by Gasteiger charge is 2.49. The molecule has 0 N–H and O–H groups in total. The van der Waals surface area contributed by atoms with Gasteiger partial charge in [-0.3, -0.25) is 0 Å². The van der Waals surface area contributed by atoms with Gasteiger partial charge in [0.25, 0.3) is 0 Å². The van der Waals surface area contributed by atoms with Crippen molar-refractivity contribution in [1.29, 1.82) is 0 Å². The van der Waals surface area contributed by atoms with Crippen LogP contribution in [0.15, 0.2) is 0 Å². The molecule has 0 nitrogen and oxygen atoms in total. The highest BCUT2D eigenvalue weighted by atomic mass is 14.5. The quantitative estimate of drug-likeness (QED) is 0.520. The van der Waals surface area contributed by atoms with Gasteiger partial charge in [0, 0.05) is 0 Å². The van der Waals surface area contributed by atoms with Gasteiger partial charge in [-0.15, -0.1) is 0 Å². The van der Waals surface area contributed by atoms with Crippen LogP contribution in [0.25, 0.3) is 0 Å². The van der Waals surface area contributed by atoms with Crippen LogP contribution in [-0.4, -0.2) is 0 Å². The van der Waals surface area contributed by atoms with Crippen LogP contribution in [0.2, 0.25) is 0 Å². The molecule has 3 unspecified atom stereocenters. The molecule has 0 heteroatoms. The molecule has 0 aromatic rings. The summed E-state index contributed by atoms with van der Waals surface area (Å²) in [6.45, 7) is 10.3. The summed E-state index contributed by atoms with van der Waals surface area (Å²) < 4.78 is 0. The summed E-state index contributed by atoms with van der Waals surface area (Å²) in [6, 6.07) is 0. The maximum Gasteiger partial charge on any atom is -0.0244 e. The van der Waals surface area contributed by atoms with Crippen molar-refractivity contribution in [3.63, 3.8) is 0 Å². The minimum absolute atomic E-state index is 0.599. The maximum absolute atomic E-state index is 2.63. The van der Waals surface area contributed by atoms with Gasteiger partial charge in [-0.2, -0.15) is 0 Å². The van der Waals surface area contributed by atoms with Crippen LogP contribution in [0.3, 0.4) is 0 Å². The van der Waals surface area contributed by atoms with Crippen molar-refractivity contribution in [2.45, 2.75) is 91.9 Å². The summed E-state index contributed by atoms with van der Waals surface area (Å²) >= 11 is 0. The zero-order valence-corrected chi connectivity index (χ0v) is 13.2. The molecule has 0 spiro atoms. The Bertz CT molecular complexity index is 259. The zero-order valence-electron chi connectivity index (χ0n) is 13.2. The predicted molar refractivity (Wildman–Crippen MR) is 80.7 cm³/mol. The zero-order chi connectivity index (χ0) is 13.2. The lowest BCUT2D eigenvalue weighted by atomic mass is 9.50. The molecule has 2 aliphatic rings. The van der Waals surface area contributed by atoms with Crippen LogP contribution in [0.1, 0.15) is 91.9 Å². The normalized spacial score (nSPS) is 42.0. The minimum atomic E-state index is 0.599. The first-order valence-corrected chi connectivity index (χ1v) is 8.48. The molecule has 0 aromatic carbocycles. The van der Waals surface area contributed by atoms with Crippen LogP contribution in [0.5, 0.6) is 0 Å². The monoisotopic (exact) mass is 250 g/mol. The third-order valence-corrected chi connectivity index (χ3v) is 6.79. The average molecular weight is 250 g/mol. The largest absolute Gasteiger partial charge is 0.0625 e. The molecule has 0 amide bonds. The summed E-state index contributed by atoms with van der Waals surface area (Å²) in [5, 5.41) is 0. The highest BCUT2D eigenvalue weighted by Crippen LogP contribution is 2.58. The van der Waals surface area contributed by atoms with E-state index < -0.39 is 0 Å². The highest BCUT2D eigenvalue weighted by molar-refractivity contribution is 4.98. The first kappa shape index (κ1) is 14.4. The Kier molecular flexibility index (Phi) is 4.44. The van der Waals surface area contributed by atoms with Gasteiger partial charge in [0.2, 0.25) is 0 Å². The lowest BCUT2D eigenvalue weighted by Gasteiger charge is -2.55. The smallest absolute Gasteiger partial charge is 0.0244 e. The molecule has 18 heavy (non-hydrogen) atoms. The van der Waals surface area contributed by atoms with Crippen LogP contribution >= 0.6 is 0 Å². The van der Waals surface area contributed by atoms with E-state index in [-0.39, 0.29) is 0 Å². The molecule has 0 saturated heterocycles. The Morgan fingerprint density at radius 1 is 0.778 bits per heavy atom. The van der Waals surface area contributed by atoms with E-state index in [2.05, 4.69) is 27.7 Å². The second-order valence-electron chi connectivity index (χ2n) is 8.03. The molecule has 0 radical (unpaired) electrons. The summed E-state index contributed by atoms with van der Waals surface area (Å²) in [6.07, 6.45) is 14.8. The minimum Gasteiger partial charge on any atom is -0.0625 e. The van der Waals surface area contributed by atoms with E-state index in [4.69, 9.17) is 0 Å². The van der Waals surface area contributed by atoms with Gasteiger partial charge in [-0.05, 0) is 48.3 Å². The molecule has 0 aliphatic heterocycles. The number of hydrogen-bond donors (Lipinski definition) is 0. The van der Waals surface area contributed by atoms with Crippen molar-refractivity contribution in [3.8, 4) is 0 Å². The Morgan fingerprint density at radius 3 is 1.94 bits per heavy atom. The molecule has 0 heterocycles. The van der Waals surface area contributed by atoms with Crippen LogP contribution in [0, 0.1) is 22.7 Å². The lowest BCUT2D eigenvalue weighted by Crippen LogP contribution is -2.46. The molecule has 2 rings (SSSR count). The van der Waals surface area contributed by atoms with E-state index in [9.17, 15) is 0 Å². The van der Waals surface area contributed by atoms with Crippen molar-refractivity contribution in [1.82, 2.24) is 0 Å². The Hall–Kier alpha value is 0. The first-order chi connectivity index (χ1) is 8.48. The Labute approximate surface area is 115 Å². The number of rotatable bonds is 1. The summed E-state index contributed by atoms with van der Waals surface area (Å²) in [5.41, 5.74) is 1.21. The van der Waals surface area contributed by atoms with Gasteiger partial charge in [0.1, 0.15) is 0 Å². The SMILES string of the molecule is CC1CCC(C)C(C)(C2(C)CCCCCCC2)C1. The van der Waals surface area contributed by atoms with Crippen LogP contribution in [0.4, 0.5) is 0 Å². The second-order valence-corrected chi connectivity index (χ2v) is 8.03. The van der Waals surface area contributed by atoms with Gasteiger partial charge in [-0.1, -0.05) is 66.2 Å². The fourth-order valence-electron chi connectivity index (χ4n) is 4.98. The number of hydrogen-bond acceptors (Lipinski definition) is 0. The first-order valence-electron chi connectivity index (χ1n) is 8.48. The van der Waals surface area contributed by atoms with Gasteiger partial charge >= 0.3 is 0 Å². The molecule has 106 valence electrons. The van der Waals surface area contributed by atoms with Gasteiger partial charge in [0.05, 0.1) is 0 Å². The molecule has 0 aromatic heterocycles. The third-order valence-electron chi connectivity index (χ3n) is 6.79. The standard InChI is InChI=1S/C18H34/c1-15-10-11-16(2)18(4,14-15)17(3)12-8-6-5-7-9-13-17/h15-16H,5-14H2,1-4H3. The maximum atomic E-state index is 2.63. The summed E-state index contributed by atoms with van der Waals surface area (Å²) in [7, 11) is 0. The van der Waals surface area contributed by atoms with Crippen LogP contribution < -0.4 is 0 Å². The van der Waals surface area contributed by atoms with E-state index in [1.165, 1.54) is 64.2 Å². The van der Waals surface area contributed by atoms with E-state index in [0.29, 0.717) is 10.8 Å². The van der Waals surface area contributed by atoms with Crippen LogP contribution in [-0.2, 0) is 0 Å². The molecule has 0 bridgehead atoms. The molecule has 3 atom stereocenters. The summed E-state index contributed by atoms with van der Waals surface area (Å²) in [4.78, 5) is 0. The fourth-order valence-corrected chi connectivity index (χ4v) is 4.98. The average Bonchev–Trinajstić information content (AvgIpc) is 2.29. The lowest BCUT2D eigenvalue weighted by molar-refractivity contribution is -0.0534. The molecule has 2 fully saturated rings. The van der Waals surface area contributed by atoms with Crippen molar-refractivity contribution >= 4 is 0 Å². The Morgan fingerprint density at radius 2 is 1.33 bits per heavy atom.